The SMILES string of the molecule is C#CCCN1CC2=C(CNC2)C1. The van der Waals surface area contributed by atoms with Gasteiger partial charge in [0.05, 0.1) is 0 Å². The molecule has 0 aromatic heterocycles. The third kappa shape index (κ3) is 1.38. The van der Waals surface area contributed by atoms with Gasteiger partial charge in [-0.15, -0.1) is 12.3 Å². The summed E-state index contributed by atoms with van der Waals surface area (Å²) in [6.45, 7) is 5.54. The first kappa shape index (κ1) is 7.85. The second-order valence-electron chi connectivity index (χ2n) is 3.48. The van der Waals surface area contributed by atoms with Crippen molar-refractivity contribution in [2.75, 3.05) is 32.7 Å². The standard InChI is InChI=1S/C10H14N2/c1-2-3-4-12-7-9-5-11-6-10(9)8-12/h1,11H,3-8H2. The average Bonchev–Trinajstić information content (AvgIpc) is 2.58. The normalized spacial score (nSPS) is 22.9. The van der Waals surface area contributed by atoms with Crippen LogP contribution in [0.25, 0.3) is 0 Å². The van der Waals surface area contributed by atoms with Crippen LogP contribution in [0, 0.1) is 12.3 Å². The van der Waals surface area contributed by atoms with Gasteiger partial charge in [-0.2, -0.15) is 0 Å². The fraction of sp³-hybridized carbons (Fsp3) is 0.600. The van der Waals surface area contributed by atoms with E-state index in [0.717, 1.165) is 39.1 Å². The summed E-state index contributed by atoms with van der Waals surface area (Å²) in [5.41, 5.74) is 3.21. The van der Waals surface area contributed by atoms with Gasteiger partial charge in [-0.3, -0.25) is 4.90 Å². The zero-order valence-corrected chi connectivity index (χ0v) is 7.27. The van der Waals surface area contributed by atoms with Crippen molar-refractivity contribution in [2.24, 2.45) is 0 Å². The smallest absolute Gasteiger partial charge is 0.0214 e. The van der Waals surface area contributed by atoms with E-state index < -0.39 is 0 Å². The van der Waals surface area contributed by atoms with Crippen LogP contribution in [-0.4, -0.2) is 37.6 Å². The van der Waals surface area contributed by atoms with Crippen LogP contribution in [0.4, 0.5) is 0 Å². The molecule has 0 atom stereocenters. The monoisotopic (exact) mass is 162 g/mol. The maximum Gasteiger partial charge on any atom is 0.0214 e. The van der Waals surface area contributed by atoms with Gasteiger partial charge >= 0.3 is 0 Å². The van der Waals surface area contributed by atoms with Crippen molar-refractivity contribution in [3.8, 4) is 12.3 Å². The van der Waals surface area contributed by atoms with Gasteiger partial charge in [-0.1, -0.05) is 0 Å². The van der Waals surface area contributed by atoms with E-state index in [9.17, 15) is 0 Å². The number of rotatable bonds is 2. The van der Waals surface area contributed by atoms with Gasteiger partial charge in [0.1, 0.15) is 0 Å². The molecule has 0 fully saturated rings. The molecule has 0 bridgehead atoms. The van der Waals surface area contributed by atoms with E-state index in [4.69, 9.17) is 6.42 Å². The van der Waals surface area contributed by atoms with Crippen molar-refractivity contribution in [3.05, 3.63) is 11.1 Å². The predicted molar refractivity (Wildman–Crippen MR) is 49.8 cm³/mol. The summed E-state index contributed by atoms with van der Waals surface area (Å²) in [6.07, 6.45) is 6.10. The lowest BCUT2D eigenvalue weighted by molar-refractivity contribution is 0.347. The summed E-state index contributed by atoms with van der Waals surface area (Å²) in [5.74, 6) is 2.68. The Labute approximate surface area is 73.6 Å². The van der Waals surface area contributed by atoms with Crippen molar-refractivity contribution >= 4 is 0 Å². The van der Waals surface area contributed by atoms with Gasteiger partial charge in [0.15, 0.2) is 0 Å². The van der Waals surface area contributed by atoms with E-state index >= 15 is 0 Å². The number of nitrogens with zero attached hydrogens (tertiary/aromatic N) is 1. The van der Waals surface area contributed by atoms with Gasteiger partial charge in [0, 0.05) is 39.1 Å². The Morgan fingerprint density at radius 3 is 2.58 bits per heavy atom. The Kier molecular flexibility index (Phi) is 2.16. The van der Waals surface area contributed by atoms with E-state index in [1.807, 2.05) is 0 Å². The lowest BCUT2D eigenvalue weighted by Crippen LogP contribution is -2.27. The largest absolute Gasteiger partial charge is 0.309 e. The van der Waals surface area contributed by atoms with Crippen LogP contribution >= 0.6 is 0 Å². The molecule has 12 heavy (non-hydrogen) atoms. The minimum atomic E-state index is 0.883. The zero-order valence-electron chi connectivity index (χ0n) is 7.27. The molecule has 2 heteroatoms. The highest BCUT2D eigenvalue weighted by molar-refractivity contribution is 5.29. The maximum atomic E-state index is 5.22. The van der Waals surface area contributed by atoms with E-state index in [2.05, 4.69) is 16.1 Å². The predicted octanol–water partition coefficient (Wildman–Crippen LogP) is 0.225. The Bertz CT molecular complexity index is 231. The summed E-state index contributed by atoms with van der Waals surface area (Å²) < 4.78 is 0. The second-order valence-corrected chi connectivity index (χ2v) is 3.48. The molecule has 0 saturated heterocycles. The van der Waals surface area contributed by atoms with Crippen LogP contribution in [0.5, 0.6) is 0 Å². The molecule has 2 aliphatic rings. The van der Waals surface area contributed by atoms with Gasteiger partial charge < -0.3 is 5.32 Å². The lowest BCUT2D eigenvalue weighted by atomic mass is 10.2. The van der Waals surface area contributed by atoms with Crippen molar-refractivity contribution < 1.29 is 0 Å². The van der Waals surface area contributed by atoms with Crippen LogP contribution in [0.2, 0.25) is 0 Å². The Morgan fingerprint density at radius 1 is 1.33 bits per heavy atom. The number of terminal acetylenes is 1. The highest BCUT2D eigenvalue weighted by atomic mass is 15.2. The third-order valence-corrected chi connectivity index (χ3v) is 2.58. The fourth-order valence-corrected chi connectivity index (χ4v) is 1.93. The summed E-state index contributed by atoms with van der Waals surface area (Å²) in [4.78, 5) is 2.44. The van der Waals surface area contributed by atoms with E-state index in [0.29, 0.717) is 0 Å². The molecule has 0 unspecified atom stereocenters. The molecule has 0 spiro atoms. The molecular weight excluding hydrogens is 148 g/mol. The minimum Gasteiger partial charge on any atom is -0.309 e. The quantitative estimate of drug-likeness (QED) is 0.462. The highest BCUT2D eigenvalue weighted by Crippen LogP contribution is 2.19. The molecule has 64 valence electrons. The molecular formula is C10H14N2. The Hall–Kier alpha value is -0.780. The molecule has 0 saturated carbocycles. The maximum absolute atomic E-state index is 5.22. The molecule has 2 nitrogen and oxygen atoms in total. The van der Waals surface area contributed by atoms with E-state index in [1.54, 1.807) is 11.1 Å². The Balaban J connectivity index is 1.84. The summed E-state index contributed by atoms with van der Waals surface area (Å²) in [5, 5.41) is 3.36. The molecule has 0 aromatic carbocycles. The van der Waals surface area contributed by atoms with Crippen LogP contribution in [0.3, 0.4) is 0 Å². The second kappa shape index (κ2) is 3.30. The number of nitrogens with one attached hydrogen (secondary N) is 1. The van der Waals surface area contributed by atoms with Crippen LogP contribution < -0.4 is 5.32 Å². The van der Waals surface area contributed by atoms with E-state index in [1.165, 1.54) is 0 Å². The zero-order chi connectivity index (χ0) is 8.39. The molecule has 1 N–H and O–H groups in total. The summed E-state index contributed by atoms with van der Waals surface area (Å²) in [6, 6.07) is 0. The van der Waals surface area contributed by atoms with Crippen molar-refractivity contribution in [1.29, 1.82) is 0 Å². The molecule has 0 aliphatic carbocycles. The van der Waals surface area contributed by atoms with Crippen LogP contribution in [-0.2, 0) is 0 Å². The Morgan fingerprint density at radius 2 is 2.00 bits per heavy atom. The third-order valence-electron chi connectivity index (χ3n) is 2.58. The highest BCUT2D eigenvalue weighted by Gasteiger charge is 2.24. The molecule has 2 heterocycles. The first-order chi connectivity index (χ1) is 5.90. The molecule has 2 aliphatic heterocycles. The molecule has 0 radical (unpaired) electrons. The fourth-order valence-electron chi connectivity index (χ4n) is 1.93. The van der Waals surface area contributed by atoms with E-state index in [-0.39, 0.29) is 0 Å². The van der Waals surface area contributed by atoms with Crippen molar-refractivity contribution in [3.63, 3.8) is 0 Å². The summed E-state index contributed by atoms with van der Waals surface area (Å²) >= 11 is 0. The first-order valence-corrected chi connectivity index (χ1v) is 4.46. The van der Waals surface area contributed by atoms with Crippen molar-refractivity contribution in [2.45, 2.75) is 6.42 Å². The van der Waals surface area contributed by atoms with Crippen LogP contribution in [0.15, 0.2) is 11.1 Å². The number of hydrogen-bond donors (Lipinski definition) is 1. The van der Waals surface area contributed by atoms with Crippen molar-refractivity contribution in [1.82, 2.24) is 10.2 Å². The first-order valence-electron chi connectivity index (χ1n) is 4.46. The lowest BCUT2D eigenvalue weighted by Gasteiger charge is -2.15. The van der Waals surface area contributed by atoms with Gasteiger partial charge in [0.25, 0.3) is 0 Å². The number of hydrogen-bond acceptors (Lipinski definition) is 2. The average molecular weight is 162 g/mol. The summed E-state index contributed by atoms with van der Waals surface area (Å²) in [7, 11) is 0. The van der Waals surface area contributed by atoms with Gasteiger partial charge in [-0.05, 0) is 11.1 Å². The molecule has 2 rings (SSSR count). The molecule has 0 amide bonds. The van der Waals surface area contributed by atoms with Gasteiger partial charge in [0.2, 0.25) is 0 Å². The topological polar surface area (TPSA) is 15.3 Å². The van der Waals surface area contributed by atoms with Gasteiger partial charge in [-0.25, -0.2) is 0 Å². The van der Waals surface area contributed by atoms with Crippen LogP contribution in [0.1, 0.15) is 6.42 Å². The minimum absolute atomic E-state index is 0.883. The molecule has 0 aromatic rings.